The Morgan fingerprint density at radius 2 is 1.35 bits per heavy atom. The number of nitrogens with two attached hydrogens (primary N) is 3. The monoisotopic (exact) mass is 1210 g/mol. The molecule has 0 aliphatic carbocycles. The van der Waals surface area contributed by atoms with Crippen molar-refractivity contribution in [2.24, 2.45) is 13.0 Å². The third kappa shape index (κ3) is 12.2. The Kier molecular flexibility index (Phi) is 17.3. The highest BCUT2D eigenvalue weighted by Gasteiger charge is 2.58. The van der Waals surface area contributed by atoms with Crippen molar-refractivity contribution in [3.8, 4) is 0 Å². The van der Waals surface area contributed by atoms with Crippen molar-refractivity contribution < 1.29 is 104 Å². The fraction of sp³-hybridized carbons (Fsp3) is 0.605. The van der Waals surface area contributed by atoms with E-state index in [-0.39, 0.29) is 70.8 Å². The zero-order valence-electron chi connectivity index (χ0n) is 42.0. The van der Waals surface area contributed by atoms with Gasteiger partial charge in [-0.05, 0) is 12.8 Å². The molecule has 440 valence electrons. The van der Waals surface area contributed by atoms with Crippen LogP contribution in [0.1, 0.15) is 44.9 Å². The number of aliphatic hydroxyl groups is 3. The maximum Gasteiger partial charge on any atom is 0.490 e. The molecule has 0 saturated carbocycles. The third-order valence-electron chi connectivity index (χ3n) is 13.1. The second-order valence-corrected chi connectivity index (χ2v) is 25.0. The number of hydrogen-bond acceptors (Lipinski definition) is 28. The van der Waals surface area contributed by atoms with Gasteiger partial charge in [0.05, 0.1) is 45.6 Å². The van der Waals surface area contributed by atoms with Crippen molar-refractivity contribution in [2.45, 2.75) is 93.3 Å². The molecule has 3 fully saturated rings. The molecule has 3 saturated heterocycles. The first kappa shape index (κ1) is 59.5. The van der Waals surface area contributed by atoms with Crippen LogP contribution in [-0.2, 0) is 71.2 Å². The Hall–Kier alpha value is -5.11. The molecule has 6 aromatic heterocycles. The number of rotatable bonds is 24. The minimum absolute atomic E-state index is 0.00486. The van der Waals surface area contributed by atoms with Crippen molar-refractivity contribution in [2.75, 3.05) is 57.3 Å². The van der Waals surface area contributed by atoms with E-state index in [1.807, 2.05) is 6.92 Å². The summed E-state index contributed by atoms with van der Waals surface area (Å²) < 4.78 is 113. The van der Waals surface area contributed by atoms with Gasteiger partial charge in [-0.3, -0.25) is 46.9 Å². The molecular formula is C38H56N15O23P4+. The van der Waals surface area contributed by atoms with Gasteiger partial charge in [0, 0.05) is 26.2 Å². The van der Waals surface area contributed by atoms with Crippen molar-refractivity contribution in [1.29, 1.82) is 0 Å². The lowest BCUT2D eigenvalue weighted by Crippen LogP contribution is -2.45. The highest BCUT2D eigenvalue weighted by molar-refractivity contribution is 7.66. The van der Waals surface area contributed by atoms with Crippen molar-refractivity contribution >= 4 is 82.3 Å². The summed E-state index contributed by atoms with van der Waals surface area (Å²) in [6.45, 7) is -1.42. The van der Waals surface area contributed by atoms with Crippen molar-refractivity contribution in [3.05, 3.63) is 46.0 Å². The molecular weight excluding hydrogens is 1160 g/mol. The van der Waals surface area contributed by atoms with Crippen LogP contribution in [0, 0.1) is 5.92 Å². The maximum absolute atomic E-state index is 14.7. The molecule has 42 heteroatoms. The molecule has 5 unspecified atom stereocenters. The van der Waals surface area contributed by atoms with Crippen LogP contribution in [0.2, 0.25) is 0 Å². The number of ether oxygens (including phenoxy) is 5. The zero-order chi connectivity index (χ0) is 57.8. The highest BCUT2D eigenvalue weighted by atomic mass is 31.3. The normalized spacial score (nSPS) is 29.3. The topological polar surface area (TPSA) is 542 Å². The number of aromatic nitrogens is 12. The van der Waals surface area contributed by atoms with Gasteiger partial charge in [0.25, 0.3) is 17.1 Å². The van der Waals surface area contributed by atoms with Crippen LogP contribution < -0.4 is 32.9 Å². The average molecular weight is 1210 g/mol. The fourth-order valence-corrected chi connectivity index (χ4v) is 14.7. The number of nitrogens with one attached hydrogen (secondary N) is 2. The predicted molar refractivity (Wildman–Crippen MR) is 266 cm³/mol. The second-order valence-electron chi connectivity index (χ2n) is 18.4. The Bertz CT molecular complexity index is 3570. The lowest BCUT2D eigenvalue weighted by molar-refractivity contribution is -0.745. The number of unbranched alkanes of at least 4 members (excludes halogenated alkanes) is 1. The Labute approximate surface area is 448 Å². The van der Waals surface area contributed by atoms with Crippen LogP contribution >= 0.6 is 31.1 Å². The summed E-state index contributed by atoms with van der Waals surface area (Å²) >= 11 is 0. The molecule has 9 rings (SSSR count). The van der Waals surface area contributed by atoms with Gasteiger partial charge in [0.2, 0.25) is 17.7 Å². The number of nitrogens with zero attached hydrogens (tertiary/aromatic N) is 10. The summed E-state index contributed by atoms with van der Waals surface area (Å²) in [5.74, 6) is -1.59. The molecule has 3 aliphatic heterocycles. The number of methoxy groups -OCH3 is 1. The molecule has 0 radical (unpaired) electrons. The number of nitrogen functional groups attached to an aromatic ring is 3. The number of aromatic amines is 2. The summed E-state index contributed by atoms with van der Waals surface area (Å²) in [6, 6.07) is 0. The number of anilines is 3. The van der Waals surface area contributed by atoms with Crippen LogP contribution in [0.15, 0.2) is 34.9 Å². The summed E-state index contributed by atoms with van der Waals surface area (Å²) in [5, 5.41) is 33.6. The third-order valence-corrected chi connectivity index (χ3v) is 19.3. The van der Waals surface area contributed by atoms with E-state index in [4.69, 9.17) is 54.5 Å². The number of aliphatic hydroxyl groups excluding tert-OH is 3. The van der Waals surface area contributed by atoms with Gasteiger partial charge >= 0.3 is 36.7 Å². The molecule has 0 amide bonds. The molecule has 80 heavy (non-hydrogen) atoms. The first-order chi connectivity index (χ1) is 37.7. The first-order valence-corrected chi connectivity index (χ1v) is 30.1. The molecule has 38 nitrogen and oxygen atoms in total. The van der Waals surface area contributed by atoms with E-state index in [9.17, 15) is 62.7 Å². The van der Waals surface area contributed by atoms with Crippen LogP contribution in [0.3, 0.4) is 0 Å². The fourth-order valence-electron chi connectivity index (χ4n) is 9.48. The van der Waals surface area contributed by atoms with Gasteiger partial charge in [-0.15, -0.1) is 0 Å². The van der Waals surface area contributed by atoms with E-state index in [0.29, 0.717) is 12.8 Å². The summed E-state index contributed by atoms with van der Waals surface area (Å²) in [5.41, 5.74) is 14.0. The maximum atomic E-state index is 14.7. The molecule has 16 atom stereocenters. The molecule has 0 aromatic carbocycles. The quantitative estimate of drug-likeness (QED) is 0.0174. The number of fused-ring (bicyclic) bond motifs is 3. The van der Waals surface area contributed by atoms with Crippen LogP contribution in [0.25, 0.3) is 33.5 Å². The van der Waals surface area contributed by atoms with Crippen molar-refractivity contribution in [1.82, 2.24) is 53.6 Å². The number of hydrogen-bond donors (Lipinski definition) is 12. The summed E-state index contributed by atoms with van der Waals surface area (Å²) in [4.78, 5) is 98.2. The Morgan fingerprint density at radius 3 is 2.04 bits per heavy atom. The smallest absolute Gasteiger partial charge is 0.387 e. The molecule has 9 heterocycles. The van der Waals surface area contributed by atoms with E-state index >= 15 is 0 Å². The lowest BCUT2D eigenvalue weighted by atomic mass is 9.95. The molecule has 3 aliphatic rings. The number of imidazole rings is 3. The van der Waals surface area contributed by atoms with Crippen LogP contribution in [0.5, 0.6) is 0 Å². The predicted octanol–water partition coefficient (Wildman–Crippen LogP) is -2.18. The minimum Gasteiger partial charge on any atom is -0.387 e. The molecule has 6 aromatic rings. The minimum atomic E-state index is -6.20. The zero-order valence-corrected chi connectivity index (χ0v) is 45.6. The van der Waals surface area contributed by atoms with E-state index in [0.717, 1.165) is 17.2 Å². The SMILES string of the molecule is CCCCO[C@H]1[C@H](n2cnc3c(N)ncnc32)OC(COP(=O)(O)OP(=O)(O)OP(=O)(O)OC[C@H]2O[C@@H]([n+]3cn(C)c4c(=O)[nH]c(N)nc43)[C@H](O)[C@@H]2CCOC)[C@H]1P(=O)(O)OC[C@H]1O[C@@H](n2cnc3c(=O)[nH]c(N)nc32)[C@H](O)[C@@H]1O. The van der Waals surface area contributed by atoms with E-state index in [2.05, 4.69) is 48.5 Å². The van der Waals surface area contributed by atoms with Gasteiger partial charge in [0.1, 0.15) is 54.1 Å². The van der Waals surface area contributed by atoms with E-state index < -0.39 is 135 Å². The van der Waals surface area contributed by atoms with Gasteiger partial charge in [0.15, 0.2) is 41.4 Å². The van der Waals surface area contributed by atoms with E-state index in [1.54, 1.807) is 0 Å². The summed E-state index contributed by atoms with van der Waals surface area (Å²) in [6.07, 6.45) is -10.0. The Balaban J connectivity index is 0.913. The molecule has 0 bridgehead atoms. The van der Waals surface area contributed by atoms with E-state index in [1.165, 1.54) is 40.5 Å². The van der Waals surface area contributed by atoms with Gasteiger partial charge in [-0.2, -0.15) is 13.6 Å². The molecule has 15 N–H and O–H groups in total. The standard InChI is InChI=1S/C38H55N15O23P4/c1-4-5-7-68-26-27(77(59,60)69-10-18-24(55)25(56)35(73-18)52-14-45-21-30(52)46-37(40)48-32(21)57)19(74-36(26)51-13-44-20-28(39)42-12-43-29(20)51)11-71-79(63,64)76-80(65,66)75-78(61,62)70-9-17-16(6-8-67-3)23(54)34(72-17)53-15-50(2)22-31(53)47-38(41)49-33(22)58/h12-19,23-27,34-36,54-56H,4-11H2,1-3H3,(H11-,39,40,41,42,43,46,47,48,49,57,58,59,60,61,62,63,64,65,66)/p+1/t16-,17-,18-,19?,23-,24-,25-,26-,27-,34-,35-,36-/m1/s1. The molecule has 0 spiro atoms. The van der Waals surface area contributed by atoms with Crippen LogP contribution in [-0.4, -0.2) is 177 Å². The summed E-state index contributed by atoms with van der Waals surface area (Å²) in [7, 11) is -20.5. The Morgan fingerprint density at radius 1 is 0.725 bits per heavy atom. The van der Waals surface area contributed by atoms with Crippen LogP contribution in [0.4, 0.5) is 17.7 Å². The first-order valence-electron chi connectivity index (χ1n) is 23.9. The number of H-pyrrole nitrogens is 2. The average Bonchev–Trinajstić information content (AvgIpc) is 4.23. The number of phosphoric acid groups is 3. The highest BCUT2D eigenvalue weighted by Crippen LogP contribution is 2.68. The number of phosphoric ester groups is 2. The van der Waals surface area contributed by atoms with Gasteiger partial charge < -0.3 is 80.3 Å². The largest absolute Gasteiger partial charge is 0.490 e. The van der Waals surface area contributed by atoms with Gasteiger partial charge in [-0.25, -0.2) is 38.2 Å². The second kappa shape index (κ2) is 23.3. The van der Waals surface area contributed by atoms with Crippen molar-refractivity contribution in [3.63, 3.8) is 0 Å². The van der Waals surface area contributed by atoms with Gasteiger partial charge in [-0.1, -0.05) is 18.3 Å². The lowest BCUT2D eigenvalue weighted by Gasteiger charge is -2.29. The number of aryl methyl sites for hydroxylation is 1.